The Balaban J connectivity index is 1.17. The van der Waals surface area contributed by atoms with Crippen LogP contribution in [0.15, 0.2) is 17.5 Å². The molecule has 36 heavy (non-hydrogen) atoms. The molecule has 1 N–H and O–H groups in total. The molecular weight excluding hydrogens is 522 g/mol. The quantitative estimate of drug-likeness (QED) is 0.521. The highest BCUT2D eigenvalue weighted by atomic mass is 35.5. The number of hydrogen-bond acceptors (Lipinski definition) is 7. The first kappa shape index (κ1) is 26.1. The molecule has 3 aliphatic heterocycles. The average Bonchev–Trinajstić information content (AvgIpc) is 3.34. The summed E-state index contributed by atoms with van der Waals surface area (Å²) >= 11 is 7.17. The molecule has 0 bridgehead atoms. The van der Waals surface area contributed by atoms with Crippen LogP contribution >= 0.6 is 22.9 Å². The fraction of sp³-hybridized carbons (Fsp3) is 0.667. The minimum absolute atomic E-state index is 0.0132. The summed E-state index contributed by atoms with van der Waals surface area (Å²) in [5.74, 6) is 0.821. The molecule has 1 aliphatic carbocycles. The largest absolute Gasteiger partial charge is 0.336 e. The molecule has 1 saturated carbocycles. The van der Waals surface area contributed by atoms with Crippen LogP contribution in [0.3, 0.4) is 0 Å². The number of hydrogen-bond donors (Lipinski definition) is 1. The van der Waals surface area contributed by atoms with Crippen molar-refractivity contribution < 1.29 is 18.0 Å². The van der Waals surface area contributed by atoms with E-state index in [1.165, 1.54) is 28.7 Å². The van der Waals surface area contributed by atoms with E-state index in [0.29, 0.717) is 40.4 Å². The Morgan fingerprint density at radius 2 is 2.00 bits per heavy atom. The number of amides is 2. The molecule has 2 amide bonds. The normalized spacial score (nSPS) is 29.8. The number of nitrogens with zero attached hydrogens (tertiary/aromatic N) is 4. The zero-order valence-corrected chi connectivity index (χ0v) is 22.9. The first-order valence-corrected chi connectivity index (χ1v) is 15.4. The zero-order chi connectivity index (χ0) is 25.4. The van der Waals surface area contributed by atoms with Crippen molar-refractivity contribution in [3.8, 4) is 0 Å². The monoisotopic (exact) mass is 555 g/mol. The van der Waals surface area contributed by atoms with Crippen molar-refractivity contribution in [1.29, 1.82) is 0 Å². The second-order valence-corrected chi connectivity index (χ2v) is 13.8. The third kappa shape index (κ3) is 6.14. The zero-order valence-electron chi connectivity index (χ0n) is 20.5. The fourth-order valence-electron chi connectivity index (χ4n) is 5.66. The Morgan fingerprint density at radius 1 is 1.22 bits per heavy atom. The number of rotatable bonds is 8. The molecule has 5 rings (SSSR count). The second kappa shape index (κ2) is 10.7. The number of carbonyl (C=O) groups excluding carboxylic acids is 2. The van der Waals surface area contributed by atoms with Crippen molar-refractivity contribution in [2.24, 2.45) is 11.8 Å². The van der Waals surface area contributed by atoms with Crippen molar-refractivity contribution in [3.63, 3.8) is 0 Å². The lowest BCUT2D eigenvalue weighted by molar-refractivity contribution is -0.144. The molecule has 1 aromatic heterocycles. The summed E-state index contributed by atoms with van der Waals surface area (Å²) in [7, 11) is -1.68. The van der Waals surface area contributed by atoms with Crippen LogP contribution in [-0.2, 0) is 19.6 Å². The van der Waals surface area contributed by atoms with Gasteiger partial charge in [0.2, 0.25) is 21.8 Å². The Labute approximate surface area is 222 Å². The number of halogens is 1. The van der Waals surface area contributed by atoms with Crippen molar-refractivity contribution in [2.45, 2.75) is 31.3 Å². The van der Waals surface area contributed by atoms with E-state index in [-0.39, 0.29) is 24.4 Å². The van der Waals surface area contributed by atoms with E-state index in [2.05, 4.69) is 21.6 Å². The lowest BCUT2D eigenvalue weighted by Crippen LogP contribution is -2.56. The highest BCUT2D eigenvalue weighted by molar-refractivity contribution is 7.92. The van der Waals surface area contributed by atoms with E-state index in [9.17, 15) is 18.0 Å². The first-order chi connectivity index (χ1) is 17.2. The minimum Gasteiger partial charge on any atom is -0.336 e. The van der Waals surface area contributed by atoms with Crippen LogP contribution in [-0.4, -0.2) is 111 Å². The number of fused-ring (bicyclic) bond motifs is 1. The van der Waals surface area contributed by atoms with Gasteiger partial charge in [0.25, 0.3) is 0 Å². The van der Waals surface area contributed by atoms with Crippen LogP contribution < -0.4 is 4.72 Å². The number of thiophene rings is 1. The number of piperazine rings is 1. The molecule has 4 fully saturated rings. The maximum atomic E-state index is 13.3. The molecule has 3 saturated heterocycles. The number of likely N-dealkylation sites (tertiary alicyclic amines) is 2. The van der Waals surface area contributed by atoms with Crippen LogP contribution in [0.1, 0.15) is 24.1 Å². The Morgan fingerprint density at radius 3 is 2.72 bits per heavy atom. The SMILES string of the molecule is CN1CCN(C[C@@H]2C3C[C@H]3CN2C(=O)CN2CCC[C@H](NS(=O)(=O)C=Cc3ccc(Cl)s3)C2=O)CC1. The van der Waals surface area contributed by atoms with Gasteiger partial charge in [-0.05, 0) is 56.4 Å². The molecule has 198 valence electrons. The number of likely N-dealkylation sites (N-methyl/N-ethyl adjacent to an activating group) is 1. The van der Waals surface area contributed by atoms with Crippen molar-refractivity contribution in [1.82, 2.24) is 24.3 Å². The van der Waals surface area contributed by atoms with Gasteiger partial charge in [-0.2, -0.15) is 4.72 Å². The van der Waals surface area contributed by atoms with E-state index in [1.807, 2.05) is 4.90 Å². The second-order valence-electron chi connectivity index (χ2n) is 10.4. The predicted molar refractivity (Wildman–Crippen MR) is 141 cm³/mol. The molecule has 4 atom stereocenters. The smallest absolute Gasteiger partial charge is 0.242 e. The van der Waals surface area contributed by atoms with Crippen LogP contribution in [0.25, 0.3) is 6.08 Å². The van der Waals surface area contributed by atoms with Crippen molar-refractivity contribution in [2.75, 3.05) is 59.4 Å². The van der Waals surface area contributed by atoms with Gasteiger partial charge >= 0.3 is 0 Å². The number of piperidine rings is 2. The van der Waals surface area contributed by atoms with E-state index in [4.69, 9.17) is 11.6 Å². The van der Waals surface area contributed by atoms with Gasteiger partial charge < -0.3 is 14.7 Å². The van der Waals surface area contributed by atoms with Gasteiger partial charge in [-0.25, -0.2) is 8.42 Å². The number of carbonyl (C=O) groups is 2. The van der Waals surface area contributed by atoms with Crippen LogP contribution in [0.5, 0.6) is 0 Å². The maximum absolute atomic E-state index is 13.3. The average molecular weight is 556 g/mol. The molecule has 0 radical (unpaired) electrons. The molecule has 9 nitrogen and oxygen atoms in total. The highest BCUT2D eigenvalue weighted by Crippen LogP contribution is 2.49. The third-order valence-corrected chi connectivity index (χ3v) is 10.1. The van der Waals surface area contributed by atoms with Gasteiger partial charge in [-0.3, -0.25) is 14.5 Å². The van der Waals surface area contributed by atoms with Crippen molar-refractivity contribution >= 4 is 50.9 Å². The Kier molecular flexibility index (Phi) is 7.77. The highest BCUT2D eigenvalue weighted by Gasteiger charge is 2.54. The lowest BCUT2D eigenvalue weighted by Gasteiger charge is -2.38. The molecular formula is C24H34ClN5O4S2. The number of nitrogens with one attached hydrogen (secondary N) is 1. The first-order valence-electron chi connectivity index (χ1n) is 12.6. The summed E-state index contributed by atoms with van der Waals surface area (Å²) in [4.78, 5) is 35.5. The van der Waals surface area contributed by atoms with E-state index in [1.54, 1.807) is 12.1 Å². The Bertz CT molecular complexity index is 1120. The minimum atomic E-state index is -3.82. The topological polar surface area (TPSA) is 93.3 Å². The summed E-state index contributed by atoms with van der Waals surface area (Å²) in [5, 5.41) is 1.06. The summed E-state index contributed by atoms with van der Waals surface area (Å²) in [6, 6.07) is 2.79. The van der Waals surface area contributed by atoms with Gasteiger partial charge in [0.15, 0.2) is 0 Å². The predicted octanol–water partition coefficient (Wildman–Crippen LogP) is 1.38. The van der Waals surface area contributed by atoms with Crippen molar-refractivity contribution in [3.05, 3.63) is 26.8 Å². The summed E-state index contributed by atoms with van der Waals surface area (Å²) in [5.41, 5.74) is 0. The van der Waals surface area contributed by atoms with Gasteiger partial charge in [-0.15, -0.1) is 11.3 Å². The van der Waals surface area contributed by atoms with Gasteiger partial charge in [-0.1, -0.05) is 11.6 Å². The maximum Gasteiger partial charge on any atom is 0.242 e. The molecule has 1 unspecified atom stereocenters. The fourth-order valence-corrected chi connectivity index (χ4v) is 7.73. The standard InChI is InChI=1S/C24H34ClN5O4S2/c1-27-8-10-28(11-9-27)15-21-19-13-17(19)14-30(21)23(31)16-29-7-2-3-20(24(29)32)26-36(33,34)12-6-18-4-5-22(25)35-18/h4-6,12,17,19-21,26H,2-3,7-11,13-16H2,1H3/t17-,19?,20-,21+/m0/s1. The van der Waals surface area contributed by atoms with E-state index in [0.717, 1.165) is 44.7 Å². The Hall–Kier alpha value is -1.50. The van der Waals surface area contributed by atoms with Crippen LogP contribution in [0.2, 0.25) is 4.34 Å². The van der Waals surface area contributed by atoms with E-state index < -0.39 is 16.1 Å². The lowest BCUT2D eigenvalue weighted by atomic mass is 10.1. The molecule has 0 aromatic carbocycles. The van der Waals surface area contributed by atoms with Gasteiger partial charge in [0.05, 0.1) is 10.9 Å². The van der Waals surface area contributed by atoms with Crippen LogP contribution in [0.4, 0.5) is 0 Å². The molecule has 4 aliphatic rings. The van der Waals surface area contributed by atoms with Crippen LogP contribution in [0, 0.1) is 11.8 Å². The molecule has 12 heteroatoms. The molecule has 4 heterocycles. The van der Waals surface area contributed by atoms with Gasteiger partial charge in [0.1, 0.15) is 6.04 Å². The molecule has 1 aromatic rings. The van der Waals surface area contributed by atoms with Gasteiger partial charge in [0, 0.05) is 62.1 Å². The summed E-state index contributed by atoms with van der Waals surface area (Å²) in [6.45, 7) is 6.29. The summed E-state index contributed by atoms with van der Waals surface area (Å²) in [6.07, 6.45) is 3.72. The third-order valence-electron chi connectivity index (χ3n) is 7.83. The number of sulfonamides is 1. The molecule has 0 spiro atoms. The summed E-state index contributed by atoms with van der Waals surface area (Å²) < 4.78 is 28.2. The van der Waals surface area contributed by atoms with E-state index >= 15 is 0 Å².